The molecular weight excluding hydrogens is 312 g/mol. The van der Waals surface area contributed by atoms with Crippen molar-refractivity contribution in [1.82, 2.24) is 14.9 Å². The number of anilines is 1. The van der Waals surface area contributed by atoms with Crippen molar-refractivity contribution in [3.8, 4) is 11.4 Å². The van der Waals surface area contributed by atoms with Gasteiger partial charge in [-0.15, -0.1) is 0 Å². The van der Waals surface area contributed by atoms with Gasteiger partial charge in [-0.3, -0.25) is 4.21 Å². The van der Waals surface area contributed by atoms with Crippen LogP contribution < -0.4 is 5.32 Å². The van der Waals surface area contributed by atoms with Crippen molar-refractivity contribution in [2.75, 3.05) is 24.4 Å². The van der Waals surface area contributed by atoms with Gasteiger partial charge in [0.25, 0.3) is 0 Å². The van der Waals surface area contributed by atoms with Crippen molar-refractivity contribution >= 4 is 22.5 Å². The van der Waals surface area contributed by atoms with E-state index in [2.05, 4.69) is 15.3 Å². The smallest absolute Gasteiger partial charge is 0.321 e. The maximum atomic E-state index is 12.2. The molecule has 0 aliphatic carbocycles. The molecule has 0 aliphatic rings. The van der Waals surface area contributed by atoms with Gasteiger partial charge in [-0.1, -0.05) is 30.3 Å². The van der Waals surface area contributed by atoms with Crippen molar-refractivity contribution in [3.63, 3.8) is 0 Å². The van der Waals surface area contributed by atoms with Crippen LogP contribution in [-0.2, 0) is 10.8 Å². The number of hydrogen-bond donors (Lipinski definition) is 1. The Bertz CT molecular complexity index is 676. The highest BCUT2D eigenvalue weighted by Gasteiger charge is 2.17. The second kappa shape index (κ2) is 7.82. The maximum Gasteiger partial charge on any atom is 0.321 e. The highest BCUT2D eigenvalue weighted by molar-refractivity contribution is 7.84. The summed E-state index contributed by atoms with van der Waals surface area (Å²) in [5, 5.41) is 2.74. The SMILES string of the molecule is C[C@@H](C[S@](C)=O)N(C)C(=O)Nc1cnc(-c2ccccc2)nc1. The number of carbonyl (C=O) groups excluding carboxylic acids is 1. The first-order chi connectivity index (χ1) is 11.0. The summed E-state index contributed by atoms with van der Waals surface area (Å²) in [5.74, 6) is 1.04. The zero-order valence-electron chi connectivity index (χ0n) is 13.4. The van der Waals surface area contributed by atoms with Gasteiger partial charge in [0.1, 0.15) is 0 Å². The fraction of sp³-hybridized carbons (Fsp3) is 0.312. The first-order valence-electron chi connectivity index (χ1n) is 7.18. The summed E-state index contributed by atoms with van der Waals surface area (Å²) in [4.78, 5) is 22.2. The number of amides is 2. The average molecular weight is 332 g/mol. The zero-order valence-corrected chi connectivity index (χ0v) is 14.2. The van der Waals surface area contributed by atoms with E-state index in [1.165, 1.54) is 4.90 Å². The molecule has 0 saturated heterocycles. The van der Waals surface area contributed by atoms with E-state index in [4.69, 9.17) is 0 Å². The lowest BCUT2D eigenvalue weighted by molar-refractivity contribution is 0.212. The molecule has 2 atom stereocenters. The van der Waals surface area contributed by atoms with E-state index in [0.29, 0.717) is 17.3 Å². The number of carbonyl (C=O) groups is 1. The van der Waals surface area contributed by atoms with Crippen LogP contribution in [0.5, 0.6) is 0 Å². The quantitative estimate of drug-likeness (QED) is 0.912. The number of aromatic nitrogens is 2. The van der Waals surface area contributed by atoms with Gasteiger partial charge in [0.15, 0.2) is 5.82 Å². The third kappa shape index (κ3) is 4.85. The van der Waals surface area contributed by atoms with Gasteiger partial charge in [0.2, 0.25) is 0 Å². The Hall–Kier alpha value is -2.28. The average Bonchev–Trinajstić information content (AvgIpc) is 2.55. The molecule has 0 saturated carbocycles. The molecule has 1 N–H and O–H groups in total. The van der Waals surface area contributed by atoms with Crippen LogP contribution in [0.4, 0.5) is 10.5 Å². The molecule has 0 spiro atoms. The van der Waals surface area contributed by atoms with E-state index >= 15 is 0 Å². The van der Waals surface area contributed by atoms with Gasteiger partial charge < -0.3 is 10.2 Å². The topological polar surface area (TPSA) is 75.2 Å². The minimum atomic E-state index is -0.950. The molecule has 0 fully saturated rings. The Morgan fingerprint density at radius 2 is 1.87 bits per heavy atom. The van der Waals surface area contributed by atoms with Gasteiger partial charge in [0, 0.05) is 41.5 Å². The number of hydrogen-bond acceptors (Lipinski definition) is 4. The minimum Gasteiger partial charge on any atom is -0.324 e. The van der Waals surface area contributed by atoms with Crippen LogP contribution >= 0.6 is 0 Å². The Labute approximate surface area is 138 Å². The second-order valence-corrected chi connectivity index (χ2v) is 6.77. The highest BCUT2D eigenvalue weighted by atomic mass is 32.2. The van der Waals surface area contributed by atoms with E-state index in [1.807, 2.05) is 37.3 Å². The molecule has 1 aromatic carbocycles. The molecule has 1 heterocycles. The molecule has 23 heavy (non-hydrogen) atoms. The minimum absolute atomic E-state index is 0.120. The van der Waals surface area contributed by atoms with Crippen molar-refractivity contribution in [2.24, 2.45) is 0 Å². The van der Waals surface area contributed by atoms with E-state index in [1.54, 1.807) is 25.7 Å². The molecule has 7 heteroatoms. The fourth-order valence-electron chi connectivity index (χ4n) is 1.99. The standard InChI is InChI=1S/C16H20N4O2S/c1-12(11-23(3)22)20(2)16(21)19-14-9-17-15(18-10-14)13-7-5-4-6-8-13/h4-10,12H,11H2,1-3H3,(H,19,21)/t12-,23-/m0/s1. The summed E-state index contributed by atoms with van der Waals surface area (Å²) in [6, 6.07) is 9.22. The predicted molar refractivity (Wildman–Crippen MR) is 92.6 cm³/mol. The molecule has 1 aromatic heterocycles. The Kier molecular flexibility index (Phi) is 5.81. The van der Waals surface area contributed by atoms with E-state index in [-0.39, 0.29) is 12.1 Å². The van der Waals surface area contributed by atoms with Gasteiger partial charge in [0.05, 0.1) is 18.1 Å². The molecule has 0 bridgehead atoms. The molecule has 122 valence electrons. The number of rotatable bonds is 5. The summed E-state index contributed by atoms with van der Waals surface area (Å²) < 4.78 is 11.2. The Balaban J connectivity index is 2.00. The number of nitrogens with one attached hydrogen (secondary N) is 1. The highest BCUT2D eigenvalue weighted by Crippen LogP contribution is 2.15. The van der Waals surface area contributed by atoms with Gasteiger partial charge in [-0.25, -0.2) is 14.8 Å². The molecule has 2 rings (SSSR count). The van der Waals surface area contributed by atoms with Crippen LogP contribution in [0.3, 0.4) is 0 Å². The monoisotopic (exact) mass is 332 g/mol. The molecule has 6 nitrogen and oxygen atoms in total. The van der Waals surface area contributed by atoms with Gasteiger partial charge >= 0.3 is 6.03 Å². The van der Waals surface area contributed by atoms with Crippen LogP contribution in [-0.4, -0.2) is 50.2 Å². The third-order valence-corrected chi connectivity index (χ3v) is 4.34. The molecule has 2 aromatic rings. The largest absolute Gasteiger partial charge is 0.324 e. The lowest BCUT2D eigenvalue weighted by atomic mass is 10.2. The van der Waals surface area contributed by atoms with Crippen LogP contribution in [0, 0.1) is 0 Å². The lowest BCUT2D eigenvalue weighted by Crippen LogP contribution is -2.40. The number of urea groups is 1. The summed E-state index contributed by atoms with van der Waals surface area (Å²) >= 11 is 0. The number of nitrogens with zero attached hydrogens (tertiary/aromatic N) is 3. The summed E-state index contributed by atoms with van der Waals surface area (Å²) in [7, 11) is 0.723. The van der Waals surface area contributed by atoms with Crippen molar-refractivity contribution in [2.45, 2.75) is 13.0 Å². The summed E-state index contributed by atoms with van der Waals surface area (Å²) in [5.41, 5.74) is 1.44. The Morgan fingerprint density at radius 3 is 2.43 bits per heavy atom. The second-order valence-electron chi connectivity index (χ2n) is 5.29. The van der Waals surface area contributed by atoms with Crippen molar-refractivity contribution in [1.29, 1.82) is 0 Å². The molecular formula is C16H20N4O2S. The van der Waals surface area contributed by atoms with Crippen LogP contribution in [0.2, 0.25) is 0 Å². The molecule has 0 radical (unpaired) electrons. The summed E-state index contributed by atoms with van der Waals surface area (Å²) in [6.07, 6.45) is 4.77. The zero-order chi connectivity index (χ0) is 16.8. The van der Waals surface area contributed by atoms with Gasteiger partial charge in [-0.2, -0.15) is 0 Å². The van der Waals surface area contributed by atoms with E-state index in [0.717, 1.165) is 5.56 Å². The summed E-state index contributed by atoms with van der Waals surface area (Å²) in [6.45, 7) is 1.86. The number of benzene rings is 1. The normalized spacial score (nSPS) is 13.2. The predicted octanol–water partition coefficient (Wildman–Crippen LogP) is 2.37. The van der Waals surface area contributed by atoms with Crippen LogP contribution in [0.25, 0.3) is 11.4 Å². The van der Waals surface area contributed by atoms with E-state index < -0.39 is 10.8 Å². The van der Waals surface area contributed by atoms with Crippen LogP contribution in [0.15, 0.2) is 42.7 Å². The fourth-order valence-corrected chi connectivity index (χ4v) is 2.90. The molecule has 0 unspecified atom stereocenters. The van der Waals surface area contributed by atoms with Crippen LogP contribution in [0.1, 0.15) is 6.92 Å². The first-order valence-corrected chi connectivity index (χ1v) is 8.91. The third-order valence-electron chi connectivity index (χ3n) is 3.39. The van der Waals surface area contributed by atoms with E-state index in [9.17, 15) is 9.00 Å². The molecule has 0 aliphatic heterocycles. The maximum absolute atomic E-state index is 12.2. The van der Waals surface area contributed by atoms with Crippen molar-refractivity contribution in [3.05, 3.63) is 42.7 Å². The Morgan fingerprint density at radius 1 is 1.26 bits per heavy atom. The van der Waals surface area contributed by atoms with Gasteiger partial charge in [-0.05, 0) is 6.92 Å². The first kappa shape index (κ1) is 17.1. The molecule has 2 amide bonds. The van der Waals surface area contributed by atoms with Crippen molar-refractivity contribution < 1.29 is 9.00 Å². The lowest BCUT2D eigenvalue weighted by Gasteiger charge is -2.24.